The van der Waals surface area contributed by atoms with Gasteiger partial charge in [0.1, 0.15) is 0 Å². The van der Waals surface area contributed by atoms with E-state index in [4.69, 9.17) is 5.84 Å². The topological polar surface area (TPSA) is 58.4 Å². The third kappa shape index (κ3) is 4.31. The van der Waals surface area contributed by atoms with Crippen LogP contribution in [0.4, 0.5) is 0 Å². The molecule has 12 heavy (non-hydrogen) atoms. The van der Waals surface area contributed by atoms with Crippen LogP contribution in [0, 0.1) is 0 Å². The SMILES string of the molecule is CCN(CCC(=O)NN)C(C)C. The number of hydrazine groups is 1. The quantitative estimate of drug-likeness (QED) is 0.352. The summed E-state index contributed by atoms with van der Waals surface area (Å²) >= 11 is 0. The maximum Gasteiger partial charge on any atom is 0.235 e. The zero-order chi connectivity index (χ0) is 9.56. The van der Waals surface area contributed by atoms with Crippen LogP contribution in [-0.2, 0) is 4.79 Å². The van der Waals surface area contributed by atoms with Crippen molar-refractivity contribution < 1.29 is 4.79 Å². The number of hydrogen-bond acceptors (Lipinski definition) is 3. The standard InChI is InChI=1S/C8H19N3O/c1-4-11(7(2)3)6-5-8(12)10-9/h7H,4-6,9H2,1-3H3,(H,10,12). The molecule has 0 rings (SSSR count). The van der Waals surface area contributed by atoms with Crippen LogP contribution in [0.2, 0.25) is 0 Å². The third-order valence-electron chi connectivity index (χ3n) is 1.92. The van der Waals surface area contributed by atoms with Crippen molar-refractivity contribution in [3.63, 3.8) is 0 Å². The van der Waals surface area contributed by atoms with Gasteiger partial charge in [-0.2, -0.15) is 0 Å². The van der Waals surface area contributed by atoms with Gasteiger partial charge in [-0.3, -0.25) is 10.2 Å². The molecule has 0 saturated carbocycles. The molecule has 0 heterocycles. The fourth-order valence-corrected chi connectivity index (χ4v) is 1.10. The minimum atomic E-state index is -0.103. The number of rotatable bonds is 5. The van der Waals surface area contributed by atoms with Crippen molar-refractivity contribution in [2.45, 2.75) is 33.2 Å². The van der Waals surface area contributed by atoms with E-state index in [0.29, 0.717) is 12.5 Å². The van der Waals surface area contributed by atoms with E-state index in [1.165, 1.54) is 0 Å². The number of amides is 1. The Hall–Kier alpha value is -0.610. The van der Waals surface area contributed by atoms with Crippen molar-refractivity contribution in [2.75, 3.05) is 13.1 Å². The molecule has 0 aliphatic rings. The lowest BCUT2D eigenvalue weighted by molar-refractivity contribution is -0.121. The maximum atomic E-state index is 10.8. The lowest BCUT2D eigenvalue weighted by Gasteiger charge is -2.23. The molecule has 3 N–H and O–H groups in total. The third-order valence-corrected chi connectivity index (χ3v) is 1.92. The highest BCUT2D eigenvalue weighted by atomic mass is 16.2. The summed E-state index contributed by atoms with van der Waals surface area (Å²) in [6, 6.07) is 0.487. The van der Waals surface area contributed by atoms with Crippen LogP contribution in [0.5, 0.6) is 0 Å². The summed E-state index contributed by atoms with van der Waals surface area (Å²) in [5, 5.41) is 0. The first kappa shape index (κ1) is 11.4. The van der Waals surface area contributed by atoms with Crippen molar-refractivity contribution >= 4 is 5.91 Å². The Morgan fingerprint density at radius 1 is 1.58 bits per heavy atom. The van der Waals surface area contributed by atoms with Crippen LogP contribution < -0.4 is 11.3 Å². The second-order valence-corrected chi connectivity index (χ2v) is 3.04. The van der Waals surface area contributed by atoms with Gasteiger partial charge in [0.25, 0.3) is 0 Å². The molecule has 0 aromatic carbocycles. The molecule has 0 aromatic rings. The van der Waals surface area contributed by atoms with Crippen LogP contribution in [-0.4, -0.2) is 29.9 Å². The summed E-state index contributed by atoms with van der Waals surface area (Å²) in [6.45, 7) is 8.06. The molecule has 0 bridgehead atoms. The average Bonchev–Trinajstić information content (AvgIpc) is 2.04. The molecule has 4 heteroatoms. The van der Waals surface area contributed by atoms with Crippen LogP contribution in [0.15, 0.2) is 0 Å². The van der Waals surface area contributed by atoms with Gasteiger partial charge in [0.05, 0.1) is 0 Å². The van der Waals surface area contributed by atoms with Crippen LogP contribution in [0.25, 0.3) is 0 Å². The van der Waals surface area contributed by atoms with Crippen molar-refractivity contribution in [3.8, 4) is 0 Å². The molecule has 72 valence electrons. The predicted octanol–water partition coefficient (Wildman–Crippen LogP) is 0.0967. The van der Waals surface area contributed by atoms with E-state index >= 15 is 0 Å². The number of nitrogens with zero attached hydrogens (tertiary/aromatic N) is 1. The molecular formula is C8H19N3O. The Bertz CT molecular complexity index is 136. The molecule has 4 nitrogen and oxygen atoms in total. The van der Waals surface area contributed by atoms with Crippen molar-refractivity contribution in [3.05, 3.63) is 0 Å². The zero-order valence-corrected chi connectivity index (χ0v) is 8.13. The maximum absolute atomic E-state index is 10.8. The molecule has 0 unspecified atom stereocenters. The smallest absolute Gasteiger partial charge is 0.235 e. The summed E-state index contributed by atoms with van der Waals surface area (Å²) in [5.74, 6) is 4.86. The highest BCUT2D eigenvalue weighted by Crippen LogP contribution is 1.98. The van der Waals surface area contributed by atoms with Gasteiger partial charge in [0, 0.05) is 19.0 Å². The Kier molecular flexibility index (Phi) is 5.66. The van der Waals surface area contributed by atoms with Gasteiger partial charge in [0.15, 0.2) is 0 Å². The van der Waals surface area contributed by atoms with Gasteiger partial charge in [-0.05, 0) is 20.4 Å². The summed E-state index contributed by atoms with van der Waals surface area (Å²) < 4.78 is 0. The Labute approximate surface area is 74.1 Å². The van der Waals surface area contributed by atoms with E-state index in [-0.39, 0.29) is 5.91 Å². The van der Waals surface area contributed by atoms with Crippen LogP contribution in [0.1, 0.15) is 27.2 Å². The minimum Gasteiger partial charge on any atom is -0.301 e. The molecule has 0 fully saturated rings. The summed E-state index contributed by atoms with van der Waals surface area (Å²) in [4.78, 5) is 13.0. The first-order valence-electron chi connectivity index (χ1n) is 4.35. The molecule has 0 aromatic heterocycles. The number of hydrogen-bond donors (Lipinski definition) is 2. The van der Waals surface area contributed by atoms with Crippen molar-refractivity contribution in [1.82, 2.24) is 10.3 Å². The Balaban J connectivity index is 3.65. The van der Waals surface area contributed by atoms with E-state index < -0.39 is 0 Å². The Morgan fingerprint density at radius 3 is 2.50 bits per heavy atom. The predicted molar refractivity (Wildman–Crippen MR) is 49.3 cm³/mol. The van der Waals surface area contributed by atoms with Gasteiger partial charge in [-0.15, -0.1) is 0 Å². The monoisotopic (exact) mass is 173 g/mol. The fourth-order valence-electron chi connectivity index (χ4n) is 1.10. The second-order valence-electron chi connectivity index (χ2n) is 3.04. The lowest BCUT2D eigenvalue weighted by Crippen LogP contribution is -2.37. The molecule has 0 spiro atoms. The number of carbonyl (C=O) groups excluding carboxylic acids is 1. The molecule has 0 saturated heterocycles. The number of carbonyl (C=O) groups is 1. The average molecular weight is 173 g/mol. The van der Waals surface area contributed by atoms with E-state index in [1.807, 2.05) is 0 Å². The highest BCUT2D eigenvalue weighted by molar-refractivity contribution is 5.75. The van der Waals surface area contributed by atoms with Gasteiger partial charge in [0.2, 0.25) is 5.91 Å². The summed E-state index contributed by atoms with van der Waals surface area (Å²) in [7, 11) is 0. The molecule has 0 aliphatic carbocycles. The van der Waals surface area contributed by atoms with Crippen LogP contribution >= 0.6 is 0 Å². The zero-order valence-electron chi connectivity index (χ0n) is 8.13. The van der Waals surface area contributed by atoms with Gasteiger partial charge < -0.3 is 4.90 Å². The number of nitrogens with two attached hydrogens (primary N) is 1. The largest absolute Gasteiger partial charge is 0.301 e. The van der Waals surface area contributed by atoms with Gasteiger partial charge >= 0.3 is 0 Å². The minimum absolute atomic E-state index is 0.103. The Morgan fingerprint density at radius 2 is 2.17 bits per heavy atom. The summed E-state index contributed by atoms with van der Waals surface area (Å²) in [6.07, 6.45) is 0.475. The first-order valence-corrected chi connectivity index (χ1v) is 4.35. The fraction of sp³-hybridized carbons (Fsp3) is 0.875. The van der Waals surface area contributed by atoms with E-state index in [0.717, 1.165) is 13.1 Å². The first-order chi connectivity index (χ1) is 5.61. The number of nitrogens with one attached hydrogen (secondary N) is 1. The van der Waals surface area contributed by atoms with Crippen molar-refractivity contribution in [1.29, 1.82) is 0 Å². The molecule has 1 amide bonds. The van der Waals surface area contributed by atoms with E-state index in [2.05, 4.69) is 31.1 Å². The normalized spacial score (nSPS) is 10.8. The second kappa shape index (κ2) is 5.97. The van der Waals surface area contributed by atoms with Crippen molar-refractivity contribution in [2.24, 2.45) is 5.84 Å². The molecule has 0 atom stereocenters. The summed E-state index contributed by atoms with van der Waals surface area (Å²) in [5.41, 5.74) is 2.12. The lowest BCUT2D eigenvalue weighted by atomic mass is 10.3. The molecule has 0 aliphatic heterocycles. The van der Waals surface area contributed by atoms with E-state index in [1.54, 1.807) is 0 Å². The van der Waals surface area contributed by atoms with Gasteiger partial charge in [-0.1, -0.05) is 6.92 Å². The van der Waals surface area contributed by atoms with Crippen LogP contribution in [0.3, 0.4) is 0 Å². The molecular weight excluding hydrogens is 154 g/mol. The van der Waals surface area contributed by atoms with E-state index in [9.17, 15) is 4.79 Å². The molecule has 0 radical (unpaired) electrons. The van der Waals surface area contributed by atoms with Gasteiger partial charge in [-0.25, -0.2) is 5.84 Å². The highest BCUT2D eigenvalue weighted by Gasteiger charge is 2.08.